The quantitative estimate of drug-likeness (QED) is 0.720. The van der Waals surface area contributed by atoms with Gasteiger partial charge < -0.3 is 15.2 Å². The highest BCUT2D eigenvalue weighted by atomic mass is 16.1. The van der Waals surface area contributed by atoms with E-state index in [0.29, 0.717) is 13.0 Å². The van der Waals surface area contributed by atoms with Gasteiger partial charge >= 0.3 is 0 Å². The molecular weight excluding hydrogens is 312 g/mol. The lowest BCUT2D eigenvalue weighted by molar-refractivity contribution is -0.115. The van der Waals surface area contributed by atoms with Crippen LogP contribution in [-0.2, 0) is 18.4 Å². The second-order valence-corrected chi connectivity index (χ2v) is 6.20. The molecule has 1 heterocycles. The van der Waals surface area contributed by atoms with Crippen molar-refractivity contribution in [1.82, 2.24) is 14.9 Å². The minimum Gasteiger partial charge on any atom is -0.330 e. The summed E-state index contributed by atoms with van der Waals surface area (Å²) in [7, 11) is 2.04. The van der Waals surface area contributed by atoms with Crippen LogP contribution in [-0.4, -0.2) is 15.5 Å². The number of rotatable bonds is 6. The third-order valence-corrected chi connectivity index (χ3v) is 4.46. The Morgan fingerprint density at radius 1 is 1.16 bits per heavy atom. The van der Waals surface area contributed by atoms with E-state index in [9.17, 15) is 4.79 Å². The van der Waals surface area contributed by atoms with Crippen LogP contribution in [0, 0.1) is 0 Å². The van der Waals surface area contributed by atoms with Crippen LogP contribution >= 0.6 is 0 Å². The van der Waals surface area contributed by atoms with Crippen molar-refractivity contribution >= 4 is 22.6 Å². The van der Waals surface area contributed by atoms with E-state index in [0.717, 1.165) is 22.5 Å². The largest absolute Gasteiger partial charge is 0.330 e. The maximum Gasteiger partial charge on any atom is 0.224 e. The Labute approximate surface area is 148 Å². The van der Waals surface area contributed by atoms with E-state index in [-0.39, 0.29) is 11.9 Å². The molecular formula is C20H24N4O. The Morgan fingerprint density at radius 3 is 2.56 bits per heavy atom. The van der Waals surface area contributed by atoms with Crippen LogP contribution in [0.25, 0.3) is 11.0 Å². The topological polar surface area (TPSA) is 59.0 Å². The summed E-state index contributed by atoms with van der Waals surface area (Å²) in [6.07, 6.45) is 0.484. The summed E-state index contributed by atoms with van der Waals surface area (Å²) in [5.74, 6) is 1.04. The van der Waals surface area contributed by atoms with Gasteiger partial charge in [-0.2, -0.15) is 0 Å². The van der Waals surface area contributed by atoms with E-state index in [1.165, 1.54) is 5.56 Å². The molecule has 0 saturated carbocycles. The Morgan fingerprint density at radius 2 is 1.88 bits per heavy atom. The van der Waals surface area contributed by atoms with Crippen LogP contribution in [0.2, 0.25) is 0 Å². The van der Waals surface area contributed by atoms with Crippen LogP contribution in [0.4, 0.5) is 5.69 Å². The average Bonchev–Trinajstić information content (AvgIpc) is 2.96. The Balaban J connectivity index is 1.64. The molecule has 25 heavy (non-hydrogen) atoms. The van der Waals surface area contributed by atoms with E-state index in [1.807, 2.05) is 56.4 Å². The number of nitrogens with zero attached hydrogens (tertiary/aromatic N) is 2. The van der Waals surface area contributed by atoms with E-state index in [2.05, 4.69) is 33.2 Å². The van der Waals surface area contributed by atoms with Crippen LogP contribution in [0.15, 0.2) is 48.5 Å². The van der Waals surface area contributed by atoms with Gasteiger partial charge in [0.2, 0.25) is 5.91 Å². The number of aryl methyl sites for hydroxylation is 1. The number of amides is 1. The van der Waals surface area contributed by atoms with Gasteiger partial charge in [0.25, 0.3) is 0 Å². The summed E-state index contributed by atoms with van der Waals surface area (Å²) in [5, 5.41) is 6.38. The maximum absolute atomic E-state index is 11.4. The summed E-state index contributed by atoms with van der Waals surface area (Å²) in [6, 6.07) is 16.3. The first-order chi connectivity index (χ1) is 12.1. The zero-order valence-electron chi connectivity index (χ0n) is 14.9. The van der Waals surface area contributed by atoms with Crippen LogP contribution < -0.4 is 10.6 Å². The van der Waals surface area contributed by atoms with Crippen molar-refractivity contribution in [2.24, 2.45) is 7.05 Å². The van der Waals surface area contributed by atoms with Gasteiger partial charge in [0.15, 0.2) is 0 Å². The monoisotopic (exact) mass is 336 g/mol. The van der Waals surface area contributed by atoms with Crippen molar-refractivity contribution in [3.05, 3.63) is 59.9 Å². The molecule has 1 atom stereocenters. The second-order valence-electron chi connectivity index (χ2n) is 6.20. The molecule has 0 fully saturated rings. The second kappa shape index (κ2) is 7.49. The van der Waals surface area contributed by atoms with E-state index < -0.39 is 0 Å². The lowest BCUT2D eigenvalue weighted by atomic mass is 10.1. The number of carbonyl (C=O) groups is 1. The van der Waals surface area contributed by atoms with E-state index in [1.54, 1.807) is 0 Å². The first-order valence-electron chi connectivity index (χ1n) is 8.62. The third kappa shape index (κ3) is 3.88. The number of anilines is 1. The summed E-state index contributed by atoms with van der Waals surface area (Å²) in [5.41, 5.74) is 4.17. The van der Waals surface area contributed by atoms with E-state index >= 15 is 0 Å². The average molecular weight is 336 g/mol. The van der Waals surface area contributed by atoms with Gasteiger partial charge in [0.05, 0.1) is 17.6 Å². The molecule has 3 aromatic rings. The van der Waals surface area contributed by atoms with Crippen LogP contribution in [0.5, 0.6) is 0 Å². The van der Waals surface area contributed by atoms with Gasteiger partial charge in [-0.3, -0.25) is 4.79 Å². The van der Waals surface area contributed by atoms with E-state index in [4.69, 9.17) is 0 Å². The fourth-order valence-corrected chi connectivity index (χ4v) is 2.82. The molecule has 0 unspecified atom stereocenters. The zero-order valence-corrected chi connectivity index (χ0v) is 14.9. The molecule has 1 aromatic heterocycles. The molecule has 2 aromatic carbocycles. The molecule has 130 valence electrons. The molecule has 5 nitrogen and oxygen atoms in total. The van der Waals surface area contributed by atoms with Crippen molar-refractivity contribution in [1.29, 1.82) is 0 Å². The van der Waals surface area contributed by atoms with Gasteiger partial charge in [-0.05, 0) is 36.8 Å². The summed E-state index contributed by atoms with van der Waals surface area (Å²) < 4.78 is 2.12. The number of aromatic nitrogens is 2. The first kappa shape index (κ1) is 17.2. The van der Waals surface area contributed by atoms with Crippen molar-refractivity contribution in [3.63, 3.8) is 0 Å². The molecule has 5 heteroatoms. The summed E-state index contributed by atoms with van der Waals surface area (Å²) in [6.45, 7) is 4.67. The molecule has 0 saturated heterocycles. The van der Waals surface area contributed by atoms with Gasteiger partial charge in [-0.15, -0.1) is 0 Å². The smallest absolute Gasteiger partial charge is 0.224 e. The van der Waals surface area contributed by atoms with Crippen LogP contribution in [0.1, 0.15) is 37.7 Å². The number of fused-ring (bicyclic) bond motifs is 1. The zero-order chi connectivity index (χ0) is 17.8. The lowest BCUT2D eigenvalue weighted by Crippen LogP contribution is -2.20. The molecule has 3 rings (SSSR count). The molecule has 2 N–H and O–H groups in total. The standard InChI is InChI=1S/C20H24N4O/c1-4-20(25)22-16-11-9-15(10-12-16)14(2)21-13-19-23-17-7-5-6-8-18(17)24(19)3/h5-12,14,21H,4,13H2,1-3H3,(H,22,25)/t14-/m0/s1. The molecule has 0 spiro atoms. The summed E-state index contributed by atoms with van der Waals surface area (Å²) in [4.78, 5) is 16.1. The van der Waals surface area contributed by atoms with Crippen molar-refractivity contribution in [2.45, 2.75) is 32.9 Å². The normalized spacial score (nSPS) is 12.3. The first-order valence-corrected chi connectivity index (χ1v) is 8.62. The molecule has 0 bridgehead atoms. The SMILES string of the molecule is CCC(=O)Nc1ccc([C@H](C)NCc2nc3ccccc3n2C)cc1. The number of nitrogens with one attached hydrogen (secondary N) is 2. The number of hydrogen-bond donors (Lipinski definition) is 2. The maximum atomic E-state index is 11.4. The lowest BCUT2D eigenvalue weighted by Gasteiger charge is -2.15. The fourth-order valence-electron chi connectivity index (χ4n) is 2.82. The van der Waals surface area contributed by atoms with Gasteiger partial charge in [-0.25, -0.2) is 4.98 Å². The molecule has 0 radical (unpaired) electrons. The molecule has 0 aliphatic rings. The number of benzene rings is 2. The number of hydrogen-bond acceptors (Lipinski definition) is 3. The highest BCUT2D eigenvalue weighted by Gasteiger charge is 2.10. The number of para-hydroxylation sites is 2. The predicted octanol–water partition coefficient (Wildman–Crippen LogP) is 3.77. The highest BCUT2D eigenvalue weighted by molar-refractivity contribution is 5.90. The molecule has 1 amide bonds. The van der Waals surface area contributed by atoms with Gasteiger partial charge in [0, 0.05) is 25.2 Å². The third-order valence-electron chi connectivity index (χ3n) is 4.46. The van der Waals surface area contributed by atoms with Crippen LogP contribution in [0.3, 0.4) is 0 Å². The van der Waals surface area contributed by atoms with Crippen molar-refractivity contribution in [2.75, 3.05) is 5.32 Å². The number of carbonyl (C=O) groups excluding carboxylic acids is 1. The van der Waals surface area contributed by atoms with Gasteiger partial charge in [0.1, 0.15) is 5.82 Å². The minimum atomic E-state index is 0.0285. The minimum absolute atomic E-state index is 0.0285. The Bertz CT molecular complexity index is 867. The summed E-state index contributed by atoms with van der Waals surface area (Å²) >= 11 is 0. The fraction of sp³-hybridized carbons (Fsp3) is 0.300. The predicted molar refractivity (Wildman–Crippen MR) is 101 cm³/mol. The molecule has 0 aliphatic heterocycles. The van der Waals surface area contributed by atoms with Crippen molar-refractivity contribution in [3.8, 4) is 0 Å². The number of imidazole rings is 1. The highest BCUT2D eigenvalue weighted by Crippen LogP contribution is 2.18. The Kier molecular flexibility index (Phi) is 5.14. The van der Waals surface area contributed by atoms with Crippen molar-refractivity contribution < 1.29 is 4.79 Å². The Hall–Kier alpha value is -2.66. The van der Waals surface area contributed by atoms with Gasteiger partial charge in [-0.1, -0.05) is 31.2 Å². The molecule has 0 aliphatic carbocycles.